The van der Waals surface area contributed by atoms with Crippen molar-refractivity contribution < 1.29 is 9.59 Å². The van der Waals surface area contributed by atoms with Crippen LogP contribution in [0.25, 0.3) is 10.8 Å². The summed E-state index contributed by atoms with van der Waals surface area (Å²) in [4.78, 5) is 28.7. The van der Waals surface area contributed by atoms with Gasteiger partial charge in [0.2, 0.25) is 0 Å². The molecule has 24 heavy (non-hydrogen) atoms. The summed E-state index contributed by atoms with van der Waals surface area (Å²) in [6.45, 7) is 0. The van der Waals surface area contributed by atoms with E-state index in [1.807, 2.05) is 48.5 Å². The molecule has 0 radical (unpaired) electrons. The number of hydrogen-bond acceptors (Lipinski definition) is 2. The molecule has 0 aromatic heterocycles. The summed E-state index contributed by atoms with van der Waals surface area (Å²) in [5, 5.41) is 2.08. The monoisotopic (exact) mass is 311 g/mol. The van der Waals surface area contributed by atoms with E-state index >= 15 is 0 Å². The first-order valence-corrected chi connectivity index (χ1v) is 7.66. The highest BCUT2D eigenvalue weighted by Gasteiger charge is 2.18. The fourth-order valence-electron chi connectivity index (χ4n) is 2.85. The summed E-state index contributed by atoms with van der Waals surface area (Å²) >= 11 is 0. The maximum atomic E-state index is 12.5. The van der Waals surface area contributed by atoms with Gasteiger partial charge in [-0.1, -0.05) is 54.6 Å². The number of carbonyl (C=O) groups excluding carboxylic acids is 2. The van der Waals surface area contributed by atoms with Gasteiger partial charge >= 0.3 is 0 Å². The van der Waals surface area contributed by atoms with Crippen molar-refractivity contribution in [2.24, 2.45) is 4.99 Å². The lowest BCUT2D eigenvalue weighted by atomic mass is 9.94. The Bertz CT molecular complexity index is 1040. The summed E-state index contributed by atoms with van der Waals surface area (Å²) < 4.78 is 0. The number of aliphatic imine (C=N–C) groups is 1. The summed E-state index contributed by atoms with van der Waals surface area (Å²) in [7, 11) is 0. The van der Waals surface area contributed by atoms with E-state index in [9.17, 15) is 9.59 Å². The minimum Gasteiger partial charge on any atom is -0.289 e. The molecule has 0 heterocycles. The normalized spacial score (nSPS) is 14.8. The molecular weight excluding hydrogens is 298 g/mol. The van der Waals surface area contributed by atoms with Gasteiger partial charge in [0.15, 0.2) is 5.78 Å². The maximum absolute atomic E-state index is 12.5. The number of amides is 1. The van der Waals surface area contributed by atoms with E-state index in [1.54, 1.807) is 24.3 Å². The zero-order valence-electron chi connectivity index (χ0n) is 12.8. The van der Waals surface area contributed by atoms with Gasteiger partial charge in [0.1, 0.15) is 0 Å². The zero-order chi connectivity index (χ0) is 16.5. The molecule has 0 fully saturated rings. The number of benzene rings is 3. The third-order valence-electron chi connectivity index (χ3n) is 4.08. The third kappa shape index (κ3) is 2.46. The molecule has 3 heteroatoms. The average Bonchev–Trinajstić information content (AvgIpc) is 2.64. The molecule has 0 N–H and O–H groups in total. The average molecular weight is 311 g/mol. The van der Waals surface area contributed by atoms with Gasteiger partial charge in [-0.25, -0.2) is 4.99 Å². The van der Waals surface area contributed by atoms with Crippen LogP contribution in [-0.4, -0.2) is 17.4 Å². The van der Waals surface area contributed by atoms with Crippen LogP contribution in [0, 0.1) is 0 Å². The van der Waals surface area contributed by atoms with E-state index in [-0.39, 0.29) is 11.7 Å². The Kier molecular flexibility index (Phi) is 3.39. The number of nitrogens with zero attached hydrogens (tertiary/aromatic N) is 1. The SMILES string of the molecule is O=C(N=C1C=CC(=O)c2ccccc21)c1ccc2ccccc2c1. The third-order valence-corrected chi connectivity index (χ3v) is 4.08. The Hall–Kier alpha value is -3.33. The number of fused-ring (bicyclic) bond motifs is 2. The summed E-state index contributed by atoms with van der Waals surface area (Å²) in [6.07, 6.45) is 3.05. The minimum absolute atomic E-state index is 0.0669. The lowest BCUT2D eigenvalue weighted by Crippen LogP contribution is -2.13. The van der Waals surface area contributed by atoms with Gasteiger partial charge in [0.25, 0.3) is 5.91 Å². The largest absolute Gasteiger partial charge is 0.289 e. The summed E-state index contributed by atoms with van der Waals surface area (Å²) in [5.41, 5.74) is 2.32. The number of ketones is 1. The molecule has 0 unspecified atom stereocenters. The van der Waals surface area contributed by atoms with E-state index < -0.39 is 0 Å². The number of carbonyl (C=O) groups is 2. The van der Waals surface area contributed by atoms with Gasteiger partial charge in [0.05, 0.1) is 5.71 Å². The van der Waals surface area contributed by atoms with Crippen molar-refractivity contribution in [2.75, 3.05) is 0 Å². The van der Waals surface area contributed by atoms with Crippen LogP contribution in [0.1, 0.15) is 26.3 Å². The minimum atomic E-state index is -0.315. The molecule has 0 spiro atoms. The highest BCUT2D eigenvalue weighted by atomic mass is 16.1. The van der Waals surface area contributed by atoms with Gasteiger partial charge in [-0.2, -0.15) is 0 Å². The molecular formula is C21H13NO2. The summed E-state index contributed by atoms with van der Waals surface area (Å²) in [6, 6.07) is 20.6. The van der Waals surface area contributed by atoms with Gasteiger partial charge in [0, 0.05) is 16.7 Å². The van der Waals surface area contributed by atoms with Gasteiger partial charge in [-0.05, 0) is 35.1 Å². The molecule has 114 valence electrons. The molecule has 4 rings (SSSR count). The van der Waals surface area contributed by atoms with E-state index in [1.165, 1.54) is 6.08 Å². The van der Waals surface area contributed by atoms with Crippen molar-refractivity contribution in [2.45, 2.75) is 0 Å². The van der Waals surface area contributed by atoms with Crippen LogP contribution in [0.15, 0.2) is 83.9 Å². The molecule has 3 nitrogen and oxygen atoms in total. The maximum Gasteiger partial charge on any atom is 0.277 e. The fraction of sp³-hybridized carbons (Fsp3) is 0. The van der Waals surface area contributed by atoms with Crippen molar-refractivity contribution in [1.29, 1.82) is 0 Å². The second-order valence-electron chi connectivity index (χ2n) is 5.61. The molecule has 0 saturated carbocycles. The second-order valence-corrected chi connectivity index (χ2v) is 5.61. The lowest BCUT2D eigenvalue weighted by molar-refractivity contribution is 0.1000. The first-order valence-electron chi connectivity index (χ1n) is 7.66. The fourth-order valence-corrected chi connectivity index (χ4v) is 2.85. The van der Waals surface area contributed by atoms with Crippen LogP contribution in [0.2, 0.25) is 0 Å². The van der Waals surface area contributed by atoms with Crippen molar-refractivity contribution >= 4 is 28.2 Å². The molecule has 1 amide bonds. The molecule has 3 aromatic carbocycles. The van der Waals surface area contributed by atoms with Crippen molar-refractivity contribution in [3.63, 3.8) is 0 Å². The van der Waals surface area contributed by atoms with Gasteiger partial charge in [-0.3, -0.25) is 9.59 Å². The van der Waals surface area contributed by atoms with E-state index in [4.69, 9.17) is 0 Å². The number of rotatable bonds is 1. The van der Waals surface area contributed by atoms with Crippen LogP contribution in [0.5, 0.6) is 0 Å². The predicted molar refractivity (Wildman–Crippen MR) is 94.7 cm³/mol. The molecule has 0 bridgehead atoms. The lowest BCUT2D eigenvalue weighted by Gasteiger charge is -2.11. The van der Waals surface area contributed by atoms with Crippen LogP contribution >= 0.6 is 0 Å². The van der Waals surface area contributed by atoms with Crippen molar-refractivity contribution in [3.8, 4) is 0 Å². The summed E-state index contributed by atoms with van der Waals surface area (Å²) in [5.74, 6) is -0.382. The quantitative estimate of drug-likeness (QED) is 0.675. The Labute approximate surface area is 139 Å². The Morgan fingerprint density at radius 3 is 2.29 bits per heavy atom. The second kappa shape index (κ2) is 5.70. The van der Waals surface area contributed by atoms with Gasteiger partial charge in [-0.15, -0.1) is 0 Å². The molecule has 1 aliphatic carbocycles. The first kappa shape index (κ1) is 14.3. The van der Waals surface area contributed by atoms with Gasteiger partial charge < -0.3 is 0 Å². The van der Waals surface area contributed by atoms with Crippen LogP contribution < -0.4 is 0 Å². The molecule has 0 saturated heterocycles. The zero-order valence-corrected chi connectivity index (χ0v) is 12.8. The standard InChI is InChI=1S/C21H13NO2/c23-20-12-11-19(17-7-3-4-8-18(17)20)22-21(24)16-10-9-14-5-1-2-6-15(14)13-16/h1-13H. The van der Waals surface area contributed by atoms with Crippen LogP contribution in [-0.2, 0) is 0 Å². The molecule has 3 aromatic rings. The van der Waals surface area contributed by atoms with Crippen molar-refractivity contribution in [1.82, 2.24) is 0 Å². The first-order chi connectivity index (χ1) is 11.7. The number of allylic oxidation sites excluding steroid dienone is 2. The number of hydrogen-bond donors (Lipinski definition) is 0. The van der Waals surface area contributed by atoms with Crippen LogP contribution in [0.3, 0.4) is 0 Å². The Balaban J connectivity index is 1.76. The molecule has 1 aliphatic rings. The Morgan fingerprint density at radius 2 is 1.46 bits per heavy atom. The highest BCUT2D eigenvalue weighted by Crippen LogP contribution is 2.19. The van der Waals surface area contributed by atoms with Crippen molar-refractivity contribution in [3.05, 3.63) is 95.6 Å². The highest BCUT2D eigenvalue weighted by molar-refractivity contribution is 6.26. The van der Waals surface area contributed by atoms with Crippen LogP contribution in [0.4, 0.5) is 0 Å². The predicted octanol–water partition coefficient (Wildman–Crippen LogP) is 4.22. The molecule has 0 atom stereocenters. The van der Waals surface area contributed by atoms with E-state index in [2.05, 4.69) is 4.99 Å². The smallest absolute Gasteiger partial charge is 0.277 e. The molecule has 0 aliphatic heterocycles. The topological polar surface area (TPSA) is 46.5 Å². The van der Waals surface area contributed by atoms with E-state index in [0.29, 0.717) is 22.4 Å². The Morgan fingerprint density at radius 1 is 0.750 bits per heavy atom. The van der Waals surface area contributed by atoms with E-state index in [0.717, 1.165) is 10.8 Å².